The first kappa shape index (κ1) is 22.7. The molecule has 2 aromatic rings. The summed E-state index contributed by atoms with van der Waals surface area (Å²) in [5, 5.41) is 5.49. The van der Waals surface area contributed by atoms with Crippen LogP contribution in [-0.2, 0) is 22.4 Å². The van der Waals surface area contributed by atoms with Gasteiger partial charge < -0.3 is 10.6 Å². The highest BCUT2D eigenvalue weighted by Gasteiger charge is 2.25. The zero-order valence-corrected chi connectivity index (χ0v) is 19.4. The number of nitrogens with one attached hydrogen (secondary N) is 1. The second-order valence-electron chi connectivity index (χ2n) is 8.98. The maximum absolute atomic E-state index is 13.0. The molecule has 4 rings (SSSR count). The smallest absolute Gasteiger partial charge is 0.250 e. The van der Waals surface area contributed by atoms with Crippen molar-refractivity contribution in [2.24, 2.45) is 11.7 Å². The molecule has 2 amide bonds. The van der Waals surface area contributed by atoms with E-state index in [1.165, 1.54) is 37.7 Å². The average Bonchev–Trinajstić information content (AvgIpc) is 3.47. The number of anilines is 1. The van der Waals surface area contributed by atoms with E-state index >= 15 is 0 Å². The van der Waals surface area contributed by atoms with Crippen molar-refractivity contribution in [2.75, 3.05) is 11.4 Å². The zero-order valence-electron chi connectivity index (χ0n) is 18.5. The molecule has 0 saturated heterocycles. The van der Waals surface area contributed by atoms with Crippen molar-refractivity contribution in [3.8, 4) is 0 Å². The van der Waals surface area contributed by atoms with E-state index in [1.807, 2.05) is 46.7 Å². The molecule has 5 nitrogen and oxygen atoms in total. The van der Waals surface area contributed by atoms with Gasteiger partial charge in [-0.1, -0.05) is 62.4 Å². The van der Waals surface area contributed by atoms with Crippen LogP contribution in [-0.4, -0.2) is 30.4 Å². The van der Waals surface area contributed by atoms with Crippen LogP contribution in [0.1, 0.15) is 49.0 Å². The van der Waals surface area contributed by atoms with Crippen molar-refractivity contribution in [1.82, 2.24) is 5.32 Å². The highest BCUT2D eigenvalue weighted by molar-refractivity contribution is 7.09. The predicted octanol–water partition coefficient (Wildman–Crippen LogP) is 4.22. The quantitative estimate of drug-likeness (QED) is 0.561. The number of nitrogens with two attached hydrogens (primary N) is 1. The summed E-state index contributed by atoms with van der Waals surface area (Å²) in [4.78, 5) is 28.2. The maximum atomic E-state index is 13.0. The van der Waals surface area contributed by atoms with E-state index in [9.17, 15) is 9.59 Å². The van der Waals surface area contributed by atoms with Gasteiger partial charge in [0.05, 0.1) is 6.04 Å². The summed E-state index contributed by atoms with van der Waals surface area (Å²) in [6.45, 7) is 0.714. The van der Waals surface area contributed by atoms with Gasteiger partial charge >= 0.3 is 0 Å². The van der Waals surface area contributed by atoms with E-state index in [-0.39, 0.29) is 17.9 Å². The third-order valence-corrected chi connectivity index (χ3v) is 7.58. The van der Waals surface area contributed by atoms with E-state index in [4.69, 9.17) is 5.73 Å². The number of hydrogen-bond donors (Lipinski definition) is 2. The highest BCUT2D eigenvalue weighted by atomic mass is 32.1. The Balaban J connectivity index is 1.46. The number of nitrogens with zero attached hydrogens (tertiary/aromatic N) is 1. The molecule has 2 heterocycles. The zero-order chi connectivity index (χ0) is 22.3. The van der Waals surface area contributed by atoms with Gasteiger partial charge in [-0.05, 0) is 41.8 Å². The fourth-order valence-electron chi connectivity index (χ4n) is 4.97. The molecule has 1 unspecified atom stereocenters. The molecule has 2 atom stereocenters. The molecule has 1 aliphatic carbocycles. The lowest BCUT2D eigenvalue weighted by Crippen LogP contribution is -2.47. The number of thiophene rings is 1. The van der Waals surface area contributed by atoms with E-state index in [0.717, 1.165) is 23.4 Å². The number of carbonyl (C=O) groups is 2. The number of amides is 2. The van der Waals surface area contributed by atoms with E-state index in [2.05, 4.69) is 11.4 Å². The molecule has 0 bridgehead atoms. The molecular formula is C26H33N3O2S. The molecular weight excluding hydrogens is 418 g/mol. The Kier molecular flexibility index (Phi) is 7.76. The average molecular weight is 452 g/mol. The van der Waals surface area contributed by atoms with Crippen LogP contribution in [0, 0.1) is 5.92 Å². The molecule has 0 radical (unpaired) electrons. The lowest BCUT2D eigenvalue weighted by molar-refractivity contribution is -0.120. The Morgan fingerprint density at radius 3 is 2.72 bits per heavy atom. The minimum absolute atomic E-state index is 0.000670. The molecule has 3 N–H and O–H groups in total. The van der Waals surface area contributed by atoms with Gasteiger partial charge in [-0.2, -0.15) is 0 Å². The number of benzene rings is 1. The topological polar surface area (TPSA) is 75.4 Å². The first-order valence-electron chi connectivity index (χ1n) is 11.8. The summed E-state index contributed by atoms with van der Waals surface area (Å²) in [6, 6.07) is 11.6. The highest BCUT2D eigenvalue weighted by Crippen LogP contribution is 2.29. The normalized spacial score (nSPS) is 18.6. The largest absolute Gasteiger partial charge is 0.368 e. The number of carbonyl (C=O) groups excluding carboxylic acids is 2. The molecule has 1 aromatic carbocycles. The summed E-state index contributed by atoms with van der Waals surface area (Å²) >= 11 is 1.63. The van der Waals surface area contributed by atoms with Crippen LogP contribution in [0.3, 0.4) is 0 Å². The van der Waals surface area contributed by atoms with Gasteiger partial charge in [0.1, 0.15) is 0 Å². The van der Waals surface area contributed by atoms with Crippen molar-refractivity contribution in [2.45, 2.75) is 63.5 Å². The minimum atomic E-state index is -0.450. The maximum Gasteiger partial charge on any atom is 0.250 e. The summed E-state index contributed by atoms with van der Waals surface area (Å²) in [6.07, 6.45) is 12.3. The molecule has 1 saturated carbocycles. The Hall–Kier alpha value is -2.44. The van der Waals surface area contributed by atoms with Crippen molar-refractivity contribution >= 4 is 28.8 Å². The first-order valence-corrected chi connectivity index (χ1v) is 12.6. The monoisotopic (exact) mass is 451 g/mol. The second-order valence-corrected chi connectivity index (χ2v) is 10.0. The van der Waals surface area contributed by atoms with Gasteiger partial charge in [-0.25, -0.2) is 0 Å². The Labute approximate surface area is 194 Å². The number of primary amides is 1. The number of rotatable bonds is 9. The summed E-state index contributed by atoms with van der Waals surface area (Å²) in [7, 11) is 0. The molecule has 6 heteroatoms. The van der Waals surface area contributed by atoms with Gasteiger partial charge in [-0.15, -0.1) is 11.3 Å². The third kappa shape index (κ3) is 5.87. The number of fused-ring (bicyclic) bond motifs is 1. The van der Waals surface area contributed by atoms with E-state index in [0.29, 0.717) is 18.9 Å². The first-order chi connectivity index (χ1) is 15.6. The molecule has 170 valence electrons. The standard InChI is InChI=1S/C26H33N3O2S/c27-26(31)23(18-22-10-6-16-32-22)28-21(17-19-7-2-1-3-8-19)12-13-25(30)29-15-14-20-9-4-5-11-24(20)29/h4-6,9-13,16,19,21,23,28H,1-3,7-8,14-15,17-18H2,(H2,27,31)/t21?,23-/m0/s1. The van der Waals surface area contributed by atoms with Crippen LogP contribution in [0.4, 0.5) is 5.69 Å². The fraction of sp³-hybridized carbons (Fsp3) is 0.462. The minimum Gasteiger partial charge on any atom is -0.368 e. The fourth-order valence-corrected chi connectivity index (χ4v) is 5.72. The van der Waals surface area contributed by atoms with Crippen LogP contribution in [0.25, 0.3) is 0 Å². The molecule has 1 fully saturated rings. The number of para-hydroxylation sites is 1. The molecule has 1 aromatic heterocycles. The SMILES string of the molecule is NC(=O)[C@H](Cc1cccs1)NC(C=CC(=O)N1CCc2ccccc21)CC1CCCCC1. The van der Waals surface area contributed by atoms with Crippen molar-refractivity contribution in [3.63, 3.8) is 0 Å². The third-order valence-electron chi connectivity index (χ3n) is 6.68. The predicted molar refractivity (Wildman–Crippen MR) is 131 cm³/mol. The summed E-state index contributed by atoms with van der Waals surface area (Å²) in [5.41, 5.74) is 7.97. The molecule has 1 aliphatic heterocycles. The van der Waals surface area contributed by atoms with E-state index < -0.39 is 6.04 Å². The number of hydrogen-bond acceptors (Lipinski definition) is 4. The molecule has 32 heavy (non-hydrogen) atoms. The lowest BCUT2D eigenvalue weighted by atomic mass is 9.84. The van der Waals surface area contributed by atoms with Gasteiger partial charge in [-0.3, -0.25) is 14.9 Å². The van der Waals surface area contributed by atoms with Crippen LogP contribution >= 0.6 is 11.3 Å². The lowest BCUT2D eigenvalue weighted by Gasteiger charge is -2.28. The van der Waals surface area contributed by atoms with E-state index in [1.54, 1.807) is 17.4 Å². The van der Waals surface area contributed by atoms with Gasteiger partial charge in [0, 0.05) is 35.6 Å². The second kappa shape index (κ2) is 10.9. The van der Waals surface area contributed by atoms with Crippen LogP contribution in [0.15, 0.2) is 53.9 Å². The molecule has 0 spiro atoms. The van der Waals surface area contributed by atoms with Gasteiger partial charge in [0.25, 0.3) is 5.91 Å². The summed E-state index contributed by atoms with van der Waals surface area (Å²) in [5.74, 6) is 0.267. The Morgan fingerprint density at radius 1 is 1.16 bits per heavy atom. The van der Waals surface area contributed by atoms with Crippen molar-refractivity contribution in [3.05, 3.63) is 64.4 Å². The van der Waals surface area contributed by atoms with Crippen molar-refractivity contribution < 1.29 is 9.59 Å². The Bertz CT molecular complexity index is 934. The van der Waals surface area contributed by atoms with Gasteiger partial charge in [0.2, 0.25) is 5.91 Å². The van der Waals surface area contributed by atoms with Crippen LogP contribution in [0.2, 0.25) is 0 Å². The van der Waals surface area contributed by atoms with Crippen molar-refractivity contribution in [1.29, 1.82) is 0 Å². The Morgan fingerprint density at radius 2 is 1.97 bits per heavy atom. The van der Waals surface area contributed by atoms with Crippen LogP contribution < -0.4 is 16.0 Å². The van der Waals surface area contributed by atoms with Crippen LogP contribution in [0.5, 0.6) is 0 Å². The van der Waals surface area contributed by atoms with Gasteiger partial charge in [0.15, 0.2) is 0 Å². The summed E-state index contributed by atoms with van der Waals surface area (Å²) < 4.78 is 0. The molecule has 2 aliphatic rings.